The number of aliphatic hydroxyl groups is 7. The largest absolute Gasteiger partial charge is 0.458 e. The Kier molecular flexibility index (Phi) is 10.0. The third-order valence-corrected chi connectivity index (χ3v) is 14.5. The lowest BCUT2D eigenvalue weighted by Crippen LogP contribution is -2.66. The first-order chi connectivity index (χ1) is 23.7. The third kappa shape index (κ3) is 5.63. The van der Waals surface area contributed by atoms with Gasteiger partial charge in [0.1, 0.15) is 49.3 Å². The molecule has 4 aliphatic carbocycles. The molecular weight excluding hydrogens is 656 g/mol. The van der Waals surface area contributed by atoms with Gasteiger partial charge in [0.25, 0.3) is 0 Å². The maximum absolute atomic E-state index is 12.5. The number of cyclic esters (lactones) is 1. The molecule has 4 saturated carbocycles. The minimum atomic E-state index is -1.63. The smallest absolute Gasteiger partial charge is 0.331 e. The maximum Gasteiger partial charge on any atom is 0.331 e. The Hall–Kier alpha value is -1.27. The molecule has 14 heteroatoms. The summed E-state index contributed by atoms with van der Waals surface area (Å²) in [5.74, 6) is 0.0825. The molecule has 0 aromatic carbocycles. The van der Waals surface area contributed by atoms with Crippen molar-refractivity contribution in [3.05, 3.63) is 11.6 Å². The standard InChI is InChI=1S/C36H56O14/c1-16-30(50-32-28(42)27(41)26(40)23(14-37)49-32)31(45-4)29(43)33(47-16)48-19-12-18-5-6-22-21(35(18,3)24(38)13-19)7-9-34(2)20(8-10-36(22,34)44)17-11-25(39)46-15-17/h11,16,18-24,26-33,37-38,40-44H,5-10,12-15H2,1-4H3/t16-,18-,19-,20-,21?,22-,23-,24-,26-,27+,28-,29+,30+,31-,32+,33-,34-,35+,36+/m0/s1. The van der Waals surface area contributed by atoms with Crippen LogP contribution in [-0.2, 0) is 33.2 Å². The minimum Gasteiger partial charge on any atom is -0.458 e. The van der Waals surface area contributed by atoms with E-state index in [-0.39, 0.29) is 35.1 Å². The van der Waals surface area contributed by atoms with Crippen molar-refractivity contribution in [3.8, 4) is 0 Å². The van der Waals surface area contributed by atoms with Gasteiger partial charge in [-0.3, -0.25) is 0 Å². The van der Waals surface area contributed by atoms with Crippen molar-refractivity contribution in [1.82, 2.24) is 0 Å². The number of aliphatic hydroxyl groups excluding tert-OH is 6. The molecule has 0 aromatic heterocycles. The predicted octanol–water partition coefficient (Wildman–Crippen LogP) is -0.0948. The summed E-state index contributed by atoms with van der Waals surface area (Å²) < 4.78 is 34.9. The van der Waals surface area contributed by atoms with Crippen LogP contribution in [0, 0.1) is 34.5 Å². The summed E-state index contributed by atoms with van der Waals surface area (Å²) in [5, 5.41) is 76.3. The quantitative estimate of drug-likeness (QED) is 0.136. The van der Waals surface area contributed by atoms with E-state index in [0.29, 0.717) is 25.9 Å². The monoisotopic (exact) mass is 712 g/mol. The van der Waals surface area contributed by atoms with Crippen LogP contribution in [0.3, 0.4) is 0 Å². The molecule has 3 heterocycles. The summed E-state index contributed by atoms with van der Waals surface area (Å²) in [7, 11) is 1.40. The van der Waals surface area contributed by atoms with Crippen molar-refractivity contribution in [2.75, 3.05) is 20.3 Å². The molecule has 0 spiro atoms. The highest BCUT2D eigenvalue weighted by atomic mass is 16.7. The predicted molar refractivity (Wildman–Crippen MR) is 172 cm³/mol. The Morgan fingerprint density at radius 3 is 2.28 bits per heavy atom. The summed E-state index contributed by atoms with van der Waals surface area (Å²) in [4.78, 5) is 11.9. The molecule has 0 amide bonds. The Morgan fingerprint density at radius 1 is 0.860 bits per heavy atom. The first-order valence-electron chi connectivity index (χ1n) is 18.4. The number of esters is 1. The SMILES string of the molecule is CO[C@H]1[C@@H](O)[C@H](O[C@H]2C[C@@H]3CC[C@H]4C(CC[C@@]5(C)[C@H](C6=CC(=O)OC6)CC[C@@]45O)[C@]3(C)[C@@H](O)C2)O[C@@H](C)[C@H]1O[C@H]1O[C@@H](CO)[C@H](O)[C@@H](O)[C@@H]1O. The normalized spacial score (nSPS) is 55.1. The van der Waals surface area contributed by atoms with Gasteiger partial charge in [-0.1, -0.05) is 13.8 Å². The van der Waals surface area contributed by atoms with Gasteiger partial charge in [-0.15, -0.1) is 0 Å². The summed E-state index contributed by atoms with van der Waals surface area (Å²) in [6.07, 6.45) is -6.17. The molecule has 19 atom stereocenters. The third-order valence-electron chi connectivity index (χ3n) is 14.5. The molecule has 7 N–H and O–H groups in total. The van der Waals surface area contributed by atoms with Gasteiger partial charge in [-0.05, 0) is 86.5 Å². The molecule has 50 heavy (non-hydrogen) atoms. The van der Waals surface area contributed by atoms with Crippen LogP contribution in [0.1, 0.15) is 72.1 Å². The number of ether oxygens (including phenoxy) is 6. The molecule has 6 fully saturated rings. The Labute approximate surface area is 292 Å². The lowest BCUT2D eigenvalue weighted by Gasteiger charge is -2.64. The summed E-state index contributed by atoms with van der Waals surface area (Å²) >= 11 is 0. The molecule has 0 radical (unpaired) electrons. The first-order valence-corrected chi connectivity index (χ1v) is 18.4. The van der Waals surface area contributed by atoms with Crippen LogP contribution in [0.5, 0.6) is 0 Å². The van der Waals surface area contributed by atoms with Crippen LogP contribution < -0.4 is 0 Å². The molecule has 0 aromatic rings. The van der Waals surface area contributed by atoms with Crippen LogP contribution >= 0.6 is 0 Å². The second-order valence-corrected chi connectivity index (χ2v) is 16.6. The van der Waals surface area contributed by atoms with Crippen molar-refractivity contribution < 1.29 is 69.0 Å². The second-order valence-electron chi connectivity index (χ2n) is 16.6. The zero-order valence-corrected chi connectivity index (χ0v) is 29.4. The molecule has 7 rings (SSSR count). The molecule has 1 unspecified atom stereocenters. The highest BCUT2D eigenvalue weighted by Crippen LogP contribution is 2.70. The van der Waals surface area contributed by atoms with Crippen LogP contribution in [0.15, 0.2) is 11.6 Å². The van der Waals surface area contributed by atoms with Gasteiger partial charge >= 0.3 is 5.97 Å². The van der Waals surface area contributed by atoms with E-state index in [9.17, 15) is 40.5 Å². The maximum atomic E-state index is 12.5. The van der Waals surface area contributed by atoms with E-state index in [1.165, 1.54) is 7.11 Å². The van der Waals surface area contributed by atoms with Gasteiger partial charge in [0.05, 0.1) is 30.5 Å². The molecule has 2 saturated heterocycles. The number of hydrogen-bond acceptors (Lipinski definition) is 14. The number of hydrogen-bond donors (Lipinski definition) is 7. The van der Waals surface area contributed by atoms with E-state index in [4.69, 9.17) is 28.4 Å². The lowest BCUT2D eigenvalue weighted by molar-refractivity contribution is -0.363. The lowest BCUT2D eigenvalue weighted by atomic mass is 9.42. The van der Waals surface area contributed by atoms with Crippen molar-refractivity contribution in [3.63, 3.8) is 0 Å². The van der Waals surface area contributed by atoms with Gasteiger partial charge < -0.3 is 64.2 Å². The molecule has 7 aliphatic rings. The number of carbonyl (C=O) groups is 1. The highest BCUT2D eigenvalue weighted by molar-refractivity contribution is 5.85. The Balaban J connectivity index is 1.01. The van der Waals surface area contributed by atoms with Gasteiger partial charge in [0.2, 0.25) is 0 Å². The summed E-state index contributed by atoms with van der Waals surface area (Å²) in [6, 6.07) is 0. The Bertz CT molecular complexity index is 1300. The van der Waals surface area contributed by atoms with E-state index in [2.05, 4.69) is 13.8 Å². The van der Waals surface area contributed by atoms with Crippen molar-refractivity contribution in [2.45, 2.75) is 151 Å². The number of methoxy groups -OCH3 is 1. The molecule has 0 bridgehead atoms. The summed E-state index contributed by atoms with van der Waals surface area (Å²) in [5.41, 5.74) is -0.695. The van der Waals surface area contributed by atoms with Gasteiger partial charge in [-0.2, -0.15) is 0 Å². The summed E-state index contributed by atoms with van der Waals surface area (Å²) in [6.45, 7) is 5.75. The Morgan fingerprint density at radius 2 is 1.60 bits per heavy atom. The van der Waals surface area contributed by atoms with Crippen LogP contribution in [-0.4, -0.2) is 141 Å². The van der Waals surface area contributed by atoms with Crippen LogP contribution in [0.25, 0.3) is 0 Å². The fourth-order valence-corrected chi connectivity index (χ4v) is 11.6. The zero-order valence-electron chi connectivity index (χ0n) is 29.4. The fourth-order valence-electron chi connectivity index (χ4n) is 11.6. The first kappa shape index (κ1) is 37.1. The van der Waals surface area contributed by atoms with E-state index in [1.54, 1.807) is 13.0 Å². The minimum absolute atomic E-state index is 0.0330. The zero-order chi connectivity index (χ0) is 35.9. The van der Waals surface area contributed by atoms with Crippen molar-refractivity contribution in [2.24, 2.45) is 34.5 Å². The van der Waals surface area contributed by atoms with Gasteiger partial charge in [0, 0.05) is 25.0 Å². The highest BCUT2D eigenvalue weighted by Gasteiger charge is 2.69. The molecule has 14 nitrogen and oxygen atoms in total. The fraction of sp³-hybridized carbons (Fsp3) is 0.917. The van der Waals surface area contributed by atoms with E-state index < -0.39 is 91.2 Å². The van der Waals surface area contributed by atoms with E-state index >= 15 is 0 Å². The average molecular weight is 713 g/mol. The number of carbonyl (C=O) groups excluding carboxylic acids is 1. The topological polar surface area (TPSA) is 214 Å². The number of rotatable bonds is 7. The van der Waals surface area contributed by atoms with E-state index in [0.717, 1.165) is 37.7 Å². The van der Waals surface area contributed by atoms with Crippen molar-refractivity contribution >= 4 is 5.97 Å². The van der Waals surface area contributed by atoms with Gasteiger partial charge in [0.15, 0.2) is 12.6 Å². The van der Waals surface area contributed by atoms with Crippen molar-refractivity contribution in [1.29, 1.82) is 0 Å². The molecular formula is C36H56O14. The van der Waals surface area contributed by atoms with Crippen LogP contribution in [0.2, 0.25) is 0 Å². The average Bonchev–Trinajstić information content (AvgIpc) is 3.63. The number of fused-ring (bicyclic) bond motifs is 5. The molecule has 3 aliphatic heterocycles. The second kappa shape index (κ2) is 13.5. The van der Waals surface area contributed by atoms with Crippen LogP contribution in [0.4, 0.5) is 0 Å². The van der Waals surface area contributed by atoms with E-state index in [1.807, 2.05) is 0 Å². The molecule has 284 valence electrons. The van der Waals surface area contributed by atoms with Gasteiger partial charge in [-0.25, -0.2) is 4.79 Å².